The van der Waals surface area contributed by atoms with Crippen molar-refractivity contribution in [2.45, 2.75) is 168 Å². The molecule has 0 N–H and O–H groups in total. The Morgan fingerprint density at radius 1 is 0.579 bits per heavy atom. The number of aromatic nitrogens is 2. The highest BCUT2D eigenvalue weighted by atomic mass is 15.1. The van der Waals surface area contributed by atoms with Crippen LogP contribution in [0.2, 0.25) is 0 Å². The number of nitrogens with zero attached hydrogens (tertiary/aromatic N) is 2. The van der Waals surface area contributed by atoms with Crippen molar-refractivity contribution < 1.29 is 0 Å². The third-order valence-electron chi connectivity index (χ3n) is 8.57. The van der Waals surface area contributed by atoms with Gasteiger partial charge < -0.3 is 4.57 Å². The quantitative estimate of drug-likeness (QED) is 0.112. The van der Waals surface area contributed by atoms with Crippen molar-refractivity contribution in [2.24, 2.45) is 5.92 Å². The molecule has 0 saturated heterocycles. The lowest BCUT2D eigenvalue weighted by Gasteiger charge is -2.29. The van der Waals surface area contributed by atoms with E-state index in [4.69, 9.17) is 0 Å². The van der Waals surface area contributed by atoms with E-state index in [-0.39, 0.29) is 0 Å². The summed E-state index contributed by atoms with van der Waals surface area (Å²) in [6.07, 6.45) is 38.4. The van der Waals surface area contributed by atoms with Crippen LogP contribution in [-0.2, 0) is 6.42 Å². The second-order valence-electron chi connectivity index (χ2n) is 12.0. The lowest BCUT2D eigenvalue weighted by atomic mass is 9.84. The highest BCUT2D eigenvalue weighted by molar-refractivity contribution is 5.15. The van der Waals surface area contributed by atoms with E-state index in [9.17, 15) is 0 Å². The van der Waals surface area contributed by atoms with Gasteiger partial charge >= 0.3 is 0 Å². The van der Waals surface area contributed by atoms with Gasteiger partial charge in [-0.05, 0) is 30.7 Å². The molecule has 1 aromatic carbocycles. The Bertz CT molecular complexity index is 723. The molecule has 2 rings (SSSR count). The first-order valence-corrected chi connectivity index (χ1v) is 16.9. The SMILES string of the molecule is CCCCCCCCCCCCCCCCCC(C(CCCCCCC)Cc1ccccc1)n1ccnc1. The molecule has 2 unspecified atom stereocenters. The first kappa shape index (κ1) is 32.6. The Balaban J connectivity index is 1.68. The van der Waals surface area contributed by atoms with E-state index < -0.39 is 0 Å². The average Bonchev–Trinajstić information content (AvgIpc) is 3.47. The van der Waals surface area contributed by atoms with Gasteiger partial charge in [0.2, 0.25) is 0 Å². The molecule has 1 heterocycles. The minimum atomic E-state index is 0.575. The minimum absolute atomic E-state index is 0.575. The number of hydrogen-bond acceptors (Lipinski definition) is 1. The summed E-state index contributed by atoms with van der Waals surface area (Å²) in [7, 11) is 0. The van der Waals surface area contributed by atoms with Gasteiger partial charge in [0.25, 0.3) is 0 Å². The van der Waals surface area contributed by atoms with Gasteiger partial charge in [-0.15, -0.1) is 0 Å². The predicted octanol–water partition coefficient (Wildman–Crippen LogP) is 11.9. The second-order valence-corrected chi connectivity index (χ2v) is 12.0. The van der Waals surface area contributed by atoms with Crippen molar-refractivity contribution in [3.8, 4) is 0 Å². The molecule has 0 radical (unpaired) electrons. The summed E-state index contributed by atoms with van der Waals surface area (Å²) in [5.41, 5.74) is 1.49. The maximum atomic E-state index is 4.44. The second kappa shape index (κ2) is 23.3. The fraction of sp³-hybridized carbons (Fsp3) is 0.750. The number of rotatable bonds is 26. The normalized spacial score (nSPS) is 13.1. The molecule has 0 bridgehead atoms. The minimum Gasteiger partial charge on any atom is -0.334 e. The van der Waals surface area contributed by atoms with Crippen molar-refractivity contribution >= 4 is 0 Å². The summed E-state index contributed by atoms with van der Waals surface area (Å²) in [6.45, 7) is 4.61. The molecular weight excluding hydrogens is 460 g/mol. The van der Waals surface area contributed by atoms with Crippen molar-refractivity contribution in [3.05, 3.63) is 54.6 Å². The Kier molecular flexibility index (Phi) is 20.0. The Hall–Kier alpha value is -1.57. The predicted molar refractivity (Wildman–Crippen MR) is 168 cm³/mol. The van der Waals surface area contributed by atoms with Gasteiger partial charge in [-0.25, -0.2) is 4.98 Å². The van der Waals surface area contributed by atoms with Crippen LogP contribution >= 0.6 is 0 Å². The van der Waals surface area contributed by atoms with Gasteiger partial charge in [-0.3, -0.25) is 0 Å². The zero-order valence-corrected chi connectivity index (χ0v) is 25.4. The van der Waals surface area contributed by atoms with Gasteiger partial charge in [0, 0.05) is 18.4 Å². The number of hydrogen-bond donors (Lipinski definition) is 0. The third-order valence-corrected chi connectivity index (χ3v) is 8.57. The lowest BCUT2D eigenvalue weighted by Crippen LogP contribution is -2.21. The number of benzene rings is 1. The van der Waals surface area contributed by atoms with E-state index in [0.717, 1.165) is 0 Å². The van der Waals surface area contributed by atoms with Gasteiger partial charge in [-0.2, -0.15) is 0 Å². The topological polar surface area (TPSA) is 17.8 Å². The maximum Gasteiger partial charge on any atom is 0.0948 e. The summed E-state index contributed by atoms with van der Waals surface area (Å²) < 4.78 is 2.43. The lowest BCUT2D eigenvalue weighted by molar-refractivity contribution is 0.275. The molecule has 0 aliphatic carbocycles. The van der Waals surface area contributed by atoms with Gasteiger partial charge in [-0.1, -0.05) is 173 Å². The fourth-order valence-corrected chi connectivity index (χ4v) is 6.18. The summed E-state index contributed by atoms with van der Waals surface area (Å²) in [4.78, 5) is 4.44. The average molecular weight is 523 g/mol. The van der Waals surface area contributed by atoms with Crippen LogP contribution in [0.25, 0.3) is 0 Å². The molecule has 0 fully saturated rings. The van der Waals surface area contributed by atoms with Crippen LogP contribution in [0, 0.1) is 5.92 Å². The first-order valence-electron chi connectivity index (χ1n) is 16.9. The fourth-order valence-electron chi connectivity index (χ4n) is 6.18. The summed E-state index contributed by atoms with van der Waals surface area (Å²) in [5, 5.41) is 0. The Labute approximate surface area is 237 Å². The zero-order valence-electron chi connectivity index (χ0n) is 25.4. The molecule has 216 valence electrons. The van der Waals surface area contributed by atoms with E-state index >= 15 is 0 Å². The molecule has 2 heteroatoms. The molecule has 0 spiro atoms. The van der Waals surface area contributed by atoms with E-state index in [2.05, 4.69) is 66.3 Å². The van der Waals surface area contributed by atoms with Crippen LogP contribution < -0.4 is 0 Å². The molecule has 2 atom stereocenters. The molecule has 1 aromatic heterocycles. The van der Waals surface area contributed by atoms with Crippen LogP contribution in [-0.4, -0.2) is 9.55 Å². The van der Waals surface area contributed by atoms with Crippen molar-refractivity contribution in [2.75, 3.05) is 0 Å². The molecule has 0 amide bonds. The van der Waals surface area contributed by atoms with Gasteiger partial charge in [0.1, 0.15) is 0 Å². The van der Waals surface area contributed by atoms with Crippen molar-refractivity contribution in [1.29, 1.82) is 0 Å². The van der Waals surface area contributed by atoms with Crippen LogP contribution in [0.4, 0.5) is 0 Å². The van der Waals surface area contributed by atoms with Crippen LogP contribution in [0.1, 0.15) is 167 Å². The Morgan fingerprint density at radius 3 is 1.53 bits per heavy atom. The molecule has 2 nitrogen and oxygen atoms in total. The highest BCUT2D eigenvalue weighted by Crippen LogP contribution is 2.32. The van der Waals surface area contributed by atoms with E-state index in [1.54, 1.807) is 0 Å². The highest BCUT2D eigenvalue weighted by Gasteiger charge is 2.23. The molecule has 2 aromatic rings. The van der Waals surface area contributed by atoms with Crippen LogP contribution in [0.15, 0.2) is 49.1 Å². The van der Waals surface area contributed by atoms with E-state index in [0.29, 0.717) is 12.0 Å². The Morgan fingerprint density at radius 2 is 1.05 bits per heavy atom. The summed E-state index contributed by atoms with van der Waals surface area (Å²) in [5.74, 6) is 0.694. The van der Waals surface area contributed by atoms with Gasteiger partial charge in [0.05, 0.1) is 6.33 Å². The smallest absolute Gasteiger partial charge is 0.0948 e. The monoisotopic (exact) mass is 522 g/mol. The standard InChI is InChI=1S/C36H62N2/c1-3-5-7-9-10-11-12-13-14-15-16-17-18-20-25-29-36(38-31-30-37-33-38)35(28-24-19-8-6-4-2)32-34-26-22-21-23-27-34/h21-23,26-27,30-31,33,35-36H,3-20,24-25,28-29,32H2,1-2H3. The molecule has 0 saturated carbocycles. The van der Waals surface area contributed by atoms with E-state index in [1.807, 2.05) is 6.20 Å². The van der Waals surface area contributed by atoms with Crippen LogP contribution in [0.5, 0.6) is 0 Å². The zero-order chi connectivity index (χ0) is 26.9. The molecular formula is C36H62N2. The maximum absolute atomic E-state index is 4.44. The largest absolute Gasteiger partial charge is 0.334 e. The first-order chi connectivity index (χ1) is 18.8. The molecule has 0 aliphatic heterocycles. The summed E-state index contributed by atoms with van der Waals surface area (Å²) >= 11 is 0. The summed E-state index contributed by atoms with van der Waals surface area (Å²) in [6, 6.07) is 11.8. The van der Waals surface area contributed by atoms with Crippen molar-refractivity contribution in [3.63, 3.8) is 0 Å². The molecule has 0 aliphatic rings. The van der Waals surface area contributed by atoms with Crippen molar-refractivity contribution in [1.82, 2.24) is 9.55 Å². The van der Waals surface area contributed by atoms with Crippen LogP contribution in [0.3, 0.4) is 0 Å². The van der Waals surface area contributed by atoms with Gasteiger partial charge in [0.15, 0.2) is 0 Å². The van der Waals surface area contributed by atoms with E-state index in [1.165, 1.54) is 153 Å². The number of imidazole rings is 1. The molecule has 38 heavy (non-hydrogen) atoms. The third kappa shape index (κ3) is 15.7. The number of unbranched alkanes of at least 4 members (excludes halogenated alkanes) is 18.